The number of rotatable bonds is 5. The summed E-state index contributed by atoms with van der Waals surface area (Å²) >= 11 is 11.9. The Balaban J connectivity index is 2.05. The van der Waals surface area contributed by atoms with Crippen LogP contribution in [0.3, 0.4) is 0 Å². The molecule has 1 aromatic carbocycles. The van der Waals surface area contributed by atoms with Crippen LogP contribution in [0.4, 0.5) is 0 Å². The fourth-order valence-corrected chi connectivity index (χ4v) is 2.17. The van der Waals surface area contributed by atoms with Gasteiger partial charge in [0.2, 0.25) is 5.91 Å². The van der Waals surface area contributed by atoms with Gasteiger partial charge in [-0.2, -0.15) is 0 Å². The summed E-state index contributed by atoms with van der Waals surface area (Å²) in [6, 6.07) is 8.93. The second-order valence-corrected chi connectivity index (χ2v) is 5.26. The molecule has 0 fully saturated rings. The Kier molecular flexibility index (Phi) is 5.48. The van der Waals surface area contributed by atoms with Crippen LogP contribution in [0.5, 0.6) is 0 Å². The first-order chi connectivity index (χ1) is 10.1. The van der Waals surface area contributed by atoms with Gasteiger partial charge in [-0.15, -0.1) is 0 Å². The van der Waals surface area contributed by atoms with E-state index in [-0.39, 0.29) is 5.91 Å². The van der Waals surface area contributed by atoms with Crippen molar-refractivity contribution in [1.29, 1.82) is 0 Å². The van der Waals surface area contributed by atoms with E-state index in [0.717, 1.165) is 5.56 Å². The lowest BCUT2D eigenvalue weighted by molar-refractivity contribution is -0.126. The van der Waals surface area contributed by atoms with Crippen molar-refractivity contribution in [3.8, 4) is 0 Å². The topological polar surface area (TPSA) is 33.5 Å². The Morgan fingerprint density at radius 3 is 2.71 bits per heavy atom. The molecule has 1 heterocycles. The van der Waals surface area contributed by atoms with Gasteiger partial charge in [0, 0.05) is 19.2 Å². The molecule has 1 amide bonds. The Morgan fingerprint density at radius 2 is 2.10 bits per heavy atom. The van der Waals surface area contributed by atoms with Crippen molar-refractivity contribution in [3.05, 3.63) is 64.0 Å². The van der Waals surface area contributed by atoms with E-state index >= 15 is 0 Å². The number of benzene rings is 1. The number of carbonyl (C=O) groups excluding carboxylic acids is 1. The van der Waals surface area contributed by atoms with Gasteiger partial charge in [-0.25, -0.2) is 0 Å². The van der Waals surface area contributed by atoms with E-state index in [2.05, 4.69) is 0 Å². The second kappa shape index (κ2) is 7.34. The highest BCUT2D eigenvalue weighted by molar-refractivity contribution is 6.42. The van der Waals surface area contributed by atoms with Crippen molar-refractivity contribution in [2.24, 2.45) is 0 Å². The van der Waals surface area contributed by atoms with Gasteiger partial charge < -0.3 is 9.32 Å². The number of halogens is 2. The first-order valence-corrected chi connectivity index (χ1v) is 7.30. The lowest BCUT2D eigenvalue weighted by Gasteiger charge is -2.19. The van der Waals surface area contributed by atoms with E-state index in [1.807, 2.05) is 13.0 Å². The number of likely N-dealkylation sites (N-methyl/N-ethyl adjacent to an activating group) is 1. The summed E-state index contributed by atoms with van der Waals surface area (Å²) in [7, 11) is 0. The van der Waals surface area contributed by atoms with Gasteiger partial charge in [0.05, 0.1) is 16.3 Å². The van der Waals surface area contributed by atoms with E-state index < -0.39 is 0 Å². The zero-order chi connectivity index (χ0) is 15.2. The maximum absolute atomic E-state index is 12.2. The number of hydrogen-bond donors (Lipinski definition) is 0. The first kappa shape index (κ1) is 15.7. The van der Waals surface area contributed by atoms with E-state index in [1.165, 1.54) is 6.08 Å². The van der Waals surface area contributed by atoms with Crippen LogP contribution in [0.25, 0.3) is 6.08 Å². The maximum Gasteiger partial charge on any atom is 0.246 e. The maximum atomic E-state index is 12.2. The van der Waals surface area contributed by atoms with E-state index in [1.54, 1.807) is 41.5 Å². The minimum atomic E-state index is -0.0834. The molecule has 0 aliphatic carbocycles. The fourth-order valence-electron chi connectivity index (χ4n) is 1.85. The van der Waals surface area contributed by atoms with Crippen molar-refractivity contribution in [2.75, 3.05) is 6.54 Å². The van der Waals surface area contributed by atoms with E-state index in [4.69, 9.17) is 27.6 Å². The van der Waals surface area contributed by atoms with E-state index in [9.17, 15) is 4.79 Å². The van der Waals surface area contributed by atoms with Crippen LogP contribution in [-0.2, 0) is 11.3 Å². The Bertz CT molecular complexity index is 636. The van der Waals surface area contributed by atoms with Crippen LogP contribution in [0.1, 0.15) is 18.2 Å². The molecule has 5 heteroatoms. The van der Waals surface area contributed by atoms with Gasteiger partial charge in [-0.1, -0.05) is 29.3 Å². The molecule has 0 saturated heterocycles. The zero-order valence-electron chi connectivity index (χ0n) is 11.6. The van der Waals surface area contributed by atoms with Crippen LogP contribution in [0.2, 0.25) is 10.0 Å². The van der Waals surface area contributed by atoms with E-state index in [0.29, 0.717) is 28.9 Å². The average Bonchev–Trinajstić information content (AvgIpc) is 2.99. The summed E-state index contributed by atoms with van der Waals surface area (Å²) in [5.41, 5.74) is 0.936. The minimum Gasteiger partial charge on any atom is -0.465 e. The highest BCUT2D eigenvalue weighted by Gasteiger charge is 2.10. The molecule has 0 bridgehead atoms. The number of hydrogen-bond acceptors (Lipinski definition) is 2. The van der Waals surface area contributed by atoms with Crippen molar-refractivity contribution >= 4 is 35.2 Å². The molecule has 1 aromatic heterocycles. The van der Waals surface area contributed by atoms with Gasteiger partial charge in [-0.3, -0.25) is 4.79 Å². The number of amides is 1. The number of nitrogens with zero attached hydrogens (tertiary/aromatic N) is 1. The van der Waals surface area contributed by atoms with Crippen molar-refractivity contribution < 1.29 is 9.21 Å². The van der Waals surface area contributed by atoms with Gasteiger partial charge >= 0.3 is 0 Å². The predicted molar refractivity (Wildman–Crippen MR) is 85.3 cm³/mol. The molecule has 0 saturated carbocycles. The largest absolute Gasteiger partial charge is 0.465 e. The quantitative estimate of drug-likeness (QED) is 0.750. The third kappa shape index (κ3) is 4.38. The molecule has 0 N–H and O–H groups in total. The summed E-state index contributed by atoms with van der Waals surface area (Å²) in [5, 5.41) is 0.997. The highest BCUT2D eigenvalue weighted by atomic mass is 35.5. The second-order valence-electron chi connectivity index (χ2n) is 4.45. The van der Waals surface area contributed by atoms with Crippen LogP contribution in [0, 0.1) is 0 Å². The summed E-state index contributed by atoms with van der Waals surface area (Å²) in [6.07, 6.45) is 4.72. The third-order valence-electron chi connectivity index (χ3n) is 2.98. The molecule has 3 nitrogen and oxygen atoms in total. The molecule has 2 aromatic rings. The monoisotopic (exact) mass is 323 g/mol. The van der Waals surface area contributed by atoms with Crippen LogP contribution in [0.15, 0.2) is 47.1 Å². The third-order valence-corrected chi connectivity index (χ3v) is 3.72. The summed E-state index contributed by atoms with van der Waals surface area (Å²) in [6.45, 7) is 3.01. The highest BCUT2D eigenvalue weighted by Crippen LogP contribution is 2.23. The summed E-state index contributed by atoms with van der Waals surface area (Å²) in [5.74, 6) is 0.564. The Hall–Kier alpha value is -1.71. The molecular formula is C16H15Cl2NO2. The average molecular weight is 324 g/mol. The lowest BCUT2D eigenvalue weighted by Crippen LogP contribution is -2.28. The summed E-state index contributed by atoms with van der Waals surface area (Å²) < 4.78 is 5.15. The van der Waals surface area contributed by atoms with Crippen molar-refractivity contribution in [1.82, 2.24) is 4.90 Å². The molecule has 0 radical (unpaired) electrons. The standard InChI is InChI=1S/C16H15Cl2NO2/c1-2-19(11-12-5-7-14(17)15(18)10-12)16(20)8-6-13-4-3-9-21-13/h3-10H,2,11H2,1H3. The van der Waals surface area contributed by atoms with Crippen LogP contribution >= 0.6 is 23.2 Å². The molecule has 0 aliphatic rings. The lowest BCUT2D eigenvalue weighted by atomic mass is 10.2. The molecule has 21 heavy (non-hydrogen) atoms. The molecule has 0 aliphatic heterocycles. The Labute approximate surface area is 133 Å². The number of carbonyl (C=O) groups is 1. The van der Waals surface area contributed by atoms with Crippen LogP contribution in [-0.4, -0.2) is 17.4 Å². The Morgan fingerprint density at radius 1 is 1.29 bits per heavy atom. The summed E-state index contributed by atoms with van der Waals surface area (Å²) in [4.78, 5) is 13.9. The number of furan rings is 1. The molecule has 0 spiro atoms. The fraction of sp³-hybridized carbons (Fsp3) is 0.188. The smallest absolute Gasteiger partial charge is 0.246 e. The van der Waals surface area contributed by atoms with Gasteiger partial charge in [-0.05, 0) is 42.8 Å². The molecule has 110 valence electrons. The van der Waals surface area contributed by atoms with Gasteiger partial charge in [0.15, 0.2) is 0 Å². The normalized spacial score (nSPS) is 11.0. The van der Waals surface area contributed by atoms with Crippen molar-refractivity contribution in [2.45, 2.75) is 13.5 Å². The van der Waals surface area contributed by atoms with Gasteiger partial charge in [0.25, 0.3) is 0 Å². The molecular weight excluding hydrogens is 309 g/mol. The first-order valence-electron chi connectivity index (χ1n) is 6.54. The zero-order valence-corrected chi connectivity index (χ0v) is 13.1. The molecule has 0 unspecified atom stereocenters. The van der Waals surface area contributed by atoms with Crippen molar-refractivity contribution in [3.63, 3.8) is 0 Å². The van der Waals surface area contributed by atoms with Crippen LogP contribution < -0.4 is 0 Å². The predicted octanol–water partition coefficient (Wildman–Crippen LogP) is 4.65. The molecule has 0 atom stereocenters. The molecule has 2 rings (SSSR count). The van der Waals surface area contributed by atoms with Gasteiger partial charge in [0.1, 0.15) is 5.76 Å². The minimum absolute atomic E-state index is 0.0834. The SMILES string of the molecule is CCN(Cc1ccc(Cl)c(Cl)c1)C(=O)C=Cc1ccco1.